The van der Waals surface area contributed by atoms with E-state index in [9.17, 15) is 4.79 Å². The highest BCUT2D eigenvalue weighted by molar-refractivity contribution is 5.78. The molecule has 0 spiro atoms. The Labute approximate surface area is 137 Å². The molecule has 1 amide bonds. The highest BCUT2D eigenvalue weighted by atomic mass is 16.2. The Bertz CT molecular complexity index is 702. The van der Waals surface area contributed by atoms with Crippen molar-refractivity contribution in [1.82, 2.24) is 19.7 Å². The van der Waals surface area contributed by atoms with E-state index in [-0.39, 0.29) is 17.9 Å². The Kier molecular flexibility index (Phi) is 4.20. The molecule has 1 atom stereocenters. The number of rotatable bonds is 4. The standard InChI is InChI=1S/C18H24N4O/c1-12(2)17-19-18(14(4)21-11-5-6-16(21)23)22(20-17)15-9-7-13(3)8-10-15/h7-10,12,14H,5-6,11H2,1-4H3. The van der Waals surface area contributed by atoms with Crippen LogP contribution in [0.3, 0.4) is 0 Å². The lowest BCUT2D eigenvalue weighted by Crippen LogP contribution is -2.29. The van der Waals surface area contributed by atoms with E-state index in [1.165, 1.54) is 5.56 Å². The number of hydrogen-bond acceptors (Lipinski definition) is 3. The van der Waals surface area contributed by atoms with Crippen LogP contribution in [-0.4, -0.2) is 32.1 Å². The van der Waals surface area contributed by atoms with Crippen LogP contribution in [-0.2, 0) is 4.79 Å². The minimum absolute atomic E-state index is 0.0636. The second-order valence-corrected chi connectivity index (χ2v) is 6.60. The normalized spacial score (nSPS) is 16.4. The quantitative estimate of drug-likeness (QED) is 0.869. The van der Waals surface area contributed by atoms with Crippen LogP contribution >= 0.6 is 0 Å². The topological polar surface area (TPSA) is 51.0 Å². The van der Waals surface area contributed by atoms with Crippen molar-refractivity contribution in [2.24, 2.45) is 0 Å². The van der Waals surface area contributed by atoms with Crippen LogP contribution in [0.25, 0.3) is 5.69 Å². The molecule has 1 aliphatic heterocycles. The first-order chi connectivity index (χ1) is 11.0. The fourth-order valence-corrected chi connectivity index (χ4v) is 2.95. The molecule has 0 N–H and O–H groups in total. The van der Waals surface area contributed by atoms with Gasteiger partial charge in [0.25, 0.3) is 0 Å². The van der Waals surface area contributed by atoms with E-state index < -0.39 is 0 Å². The highest BCUT2D eigenvalue weighted by Gasteiger charge is 2.30. The lowest BCUT2D eigenvalue weighted by molar-refractivity contribution is -0.129. The summed E-state index contributed by atoms with van der Waals surface area (Å²) in [6.45, 7) is 9.09. The Morgan fingerprint density at radius 3 is 2.39 bits per heavy atom. The van der Waals surface area contributed by atoms with E-state index in [1.807, 2.05) is 16.5 Å². The molecule has 2 heterocycles. The maximum atomic E-state index is 12.1. The van der Waals surface area contributed by atoms with Crippen molar-refractivity contribution in [3.05, 3.63) is 41.5 Å². The molecule has 0 aliphatic carbocycles. The molecule has 1 aromatic heterocycles. The number of benzene rings is 1. The highest BCUT2D eigenvalue weighted by Crippen LogP contribution is 2.27. The zero-order valence-corrected chi connectivity index (χ0v) is 14.3. The van der Waals surface area contributed by atoms with Gasteiger partial charge in [0.15, 0.2) is 11.6 Å². The fraction of sp³-hybridized carbons (Fsp3) is 0.500. The molecule has 122 valence electrons. The minimum atomic E-state index is -0.0636. The minimum Gasteiger partial charge on any atom is -0.333 e. The monoisotopic (exact) mass is 312 g/mol. The zero-order chi connectivity index (χ0) is 16.6. The van der Waals surface area contributed by atoms with Crippen LogP contribution in [0, 0.1) is 6.92 Å². The maximum absolute atomic E-state index is 12.1. The first-order valence-electron chi connectivity index (χ1n) is 8.30. The van der Waals surface area contributed by atoms with E-state index in [0.29, 0.717) is 6.42 Å². The van der Waals surface area contributed by atoms with Crippen LogP contribution in [0.5, 0.6) is 0 Å². The molecule has 1 aliphatic rings. The van der Waals surface area contributed by atoms with Crippen LogP contribution in [0.4, 0.5) is 0 Å². The fourth-order valence-electron chi connectivity index (χ4n) is 2.95. The predicted molar refractivity (Wildman–Crippen MR) is 89.5 cm³/mol. The van der Waals surface area contributed by atoms with Crippen LogP contribution in [0.2, 0.25) is 0 Å². The molecule has 2 aromatic rings. The van der Waals surface area contributed by atoms with Gasteiger partial charge in [0.2, 0.25) is 5.91 Å². The lowest BCUT2D eigenvalue weighted by Gasteiger charge is -2.23. The van der Waals surface area contributed by atoms with Crippen molar-refractivity contribution in [3.8, 4) is 5.69 Å². The summed E-state index contributed by atoms with van der Waals surface area (Å²) < 4.78 is 1.89. The van der Waals surface area contributed by atoms with E-state index in [1.54, 1.807) is 0 Å². The van der Waals surface area contributed by atoms with Gasteiger partial charge in [0, 0.05) is 18.9 Å². The molecular weight excluding hydrogens is 288 g/mol. The number of amides is 1. The number of carbonyl (C=O) groups is 1. The molecule has 3 rings (SSSR count). The summed E-state index contributed by atoms with van der Waals surface area (Å²) in [6, 6.07) is 8.18. The summed E-state index contributed by atoms with van der Waals surface area (Å²) in [5.41, 5.74) is 2.20. The van der Waals surface area contributed by atoms with Crippen molar-refractivity contribution < 1.29 is 4.79 Å². The summed E-state index contributed by atoms with van der Waals surface area (Å²) in [4.78, 5) is 18.8. The lowest BCUT2D eigenvalue weighted by atomic mass is 10.2. The summed E-state index contributed by atoms with van der Waals surface area (Å²) in [5.74, 6) is 2.12. The number of aromatic nitrogens is 3. The predicted octanol–water partition coefficient (Wildman–Crippen LogP) is 3.38. The summed E-state index contributed by atoms with van der Waals surface area (Å²) in [7, 11) is 0. The molecule has 0 bridgehead atoms. The molecule has 5 nitrogen and oxygen atoms in total. The molecule has 1 unspecified atom stereocenters. The van der Waals surface area contributed by atoms with Crippen LogP contribution < -0.4 is 0 Å². The van der Waals surface area contributed by atoms with E-state index in [2.05, 4.69) is 45.0 Å². The third-order valence-corrected chi connectivity index (χ3v) is 4.39. The third kappa shape index (κ3) is 3.00. The van der Waals surface area contributed by atoms with Gasteiger partial charge in [-0.05, 0) is 32.4 Å². The number of carbonyl (C=O) groups excluding carboxylic acids is 1. The van der Waals surface area contributed by atoms with Crippen LogP contribution in [0.1, 0.15) is 62.8 Å². The Balaban J connectivity index is 2.04. The van der Waals surface area contributed by atoms with Gasteiger partial charge in [0.1, 0.15) is 0 Å². The third-order valence-electron chi connectivity index (χ3n) is 4.39. The van der Waals surface area contributed by atoms with Crippen molar-refractivity contribution in [2.75, 3.05) is 6.54 Å². The Hall–Kier alpha value is -2.17. The van der Waals surface area contributed by atoms with E-state index >= 15 is 0 Å². The van der Waals surface area contributed by atoms with Gasteiger partial charge in [-0.2, -0.15) is 5.10 Å². The number of likely N-dealkylation sites (tertiary alicyclic amines) is 1. The molecule has 1 saturated heterocycles. The van der Waals surface area contributed by atoms with Gasteiger partial charge in [-0.1, -0.05) is 31.5 Å². The number of aryl methyl sites for hydroxylation is 1. The van der Waals surface area contributed by atoms with Crippen molar-refractivity contribution in [3.63, 3.8) is 0 Å². The molecule has 1 aromatic carbocycles. The number of hydrogen-bond donors (Lipinski definition) is 0. The van der Waals surface area contributed by atoms with Gasteiger partial charge in [-0.15, -0.1) is 0 Å². The smallest absolute Gasteiger partial charge is 0.223 e. The molecular formula is C18H24N4O. The van der Waals surface area contributed by atoms with Gasteiger partial charge >= 0.3 is 0 Å². The molecule has 1 fully saturated rings. The largest absolute Gasteiger partial charge is 0.333 e. The number of nitrogens with zero attached hydrogens (tertiary/aromatic N) is 4. The molecule has 0 saturated carbocycles. The summed E-state index contributed by atoms with van der Waals surface area (Å²) >= 11 is 0. The first-order valence-corrected chi connectivity index (χ1v) is 8.30. The van der Waals surface area contributed by atoms with Crippen LogP contribution in [0.15, 0.2) is 24.3 Å². The summed E-state index contributed by atoms with van der Waals surface area (Å²) in [6.07, 6.45) is 1.57. The SMILES string of the molecule is Cc1ccc(-n2nc(C(C)C)nc2C(C)N2CCCC2=O)cc1. The van der Waals surface area contributed by atoms with Gasteiger partial charge in [-0.3, -0.25) is 4.79 Å². The second kappa shape index (κ2) is 6.14. The molecule has 5 heteroatoms. The molecule has 0 radical (unpaired) electrons. The Morgan fingerprint density at radius 2 is 1.83 bits per heavy atom. The van der Waals surface area contributed by atoms with E-state index in [4.69, 9.17) is 10.1 Å². The van der Waals surface area contributed by atoms with E-state index in [0.717, 1.165) is 30.3 Å². The average Bonchev–Trinajstić information content (AvgIpc) is 3.14. The van der Waals surface area contributed by atoms with Gasteiger partial charge < -0.3 is 4.90 Å². The zero-order valence-electron chi connectivity index (χ0n) is 14.3. The van der Waals surface area contributed by atoms with Crippen molar-refractivity contribution in [2.45, 2.75) is 52.5 Å². The van der Waals surface area contributed by atoms with Gasteiger partial charge in [-0.25, -0.2) is 9.67 Å². The first kappa shape index (κ1) is 15.7. The summed E-state index contributed by atoms with van der Waals surface area (Å²) in [5, 5.41) is 4.69. The maximum Gasteiger partial charge on any atom is 0.223 e. The average molecular weight is 312 g/mol. The van der Waals surface area contributed by atoms with Crippen molar-refractivity contribution in [1.29, 1.82) is 0 Å². The van der Waals surface area contributed by atoms with Gasteiger partial charge in [0.05, 0.1) is 11.7 Å². The second-order valence-electron chi connectivity index (χ2n) is 6.60. The Morgan fingerprint density at radius 1 is 1.13 bits per heavy atom. The van der Waals surface area contributed by atoms with Crippen molar-refractivity contribution >= 4 is 5.91 Å². The molecule has 23 heavy (non-hydrogen) atoms.